The second-order valence-corrected chi connectivity index (χ2v) is 7.27. The quantitative estimate of drug-likeness (QED) is 0.601. The first-order valence-corrected chi connectivity index (χ1v) is 9.83. The van der Waals surface area contributed by atoms with E-state index < -0.39 is 17.1 Å². The van der Waals surface area contributed by atoms with E-state index in [-0.39, 0.29) is 18.5 Å². The minimum absolute atomic E-state index is 0.204. The van der Waals surface area contributed by atoms with Gasteiger partial charge in [-0.05, 0) is 36.6 Å². The molecule has 0 radical (unpaired) electrons. The van der Waals surface area contributed by atoms with Crippen molar-refractivity contribution < 1.29 is 13.9 Å². The number of carbonyl (C=O) groups excluding carboxylic acids is 1. The van der Waals surface area contributed by atoms with Crippen LogP contribution in [0.25, 0.3) is 0 Å². The van der Waals surface area contributed by atoms with Crippen molar-refractivity contribution in [1.82, 2.24) is 14.5 Å². The highest BCUT2D eigenvalue weighted by molar-refractivity contribution is 5.76. The van der Waals surface area contributed by atoms with Gasteiger partial charge in [-0.3, -0.25) is 19.1 Å². The summed E-state index contributed by atoms with van der Waals surface area (Å²) in [7, 11) is 1.60. The largest absolute Gasteiger partial charge is 0.497 e. The number of aromatic amines is 1. The molecule has 2 aromatic carbocycles. The zero-order valence-electron chi connectivity index (χ0n) is 17.4. The summed E-state index contributed by atoms with van der Waals surface area (Å²) in [5, 5.41) is 0. The van der Waals surface area contributed by atoms with E-state index in [1.54, 1.807) is 12.0 Å². The number of ether oxygens (including phenoxy) is 1. The predicted molar refractivity (Wildman–Crippen MR) is 114 cm³/mol. The molecule has 0 spiro atoms. The minimum atomic E-state index is -1.12. The first-order valence-electron chi connectivity index (χ1n) is 9.83. The molecule has 1 N–H and O–H groups in total. The average Bonchev–Trinajstić information content (AvgIpc) is 2.77. The maximum absolute atomic E-state index is 13.6. The summed E-state index contributed by atoms with van der Waals surface area (Å²) in [6.45, 7) is 1.87. The Morgan fingerprint density at radius 2 is 1.77 bits per heavy atom. The number of hydrogen-bond donors (Lipinski definition) is 1. The van der Waals surface area contributed by atoms with Gasteiger partial charge in [0.15, 0.2) is 0 Å². The first kappa shape index (κ1) is 22.0. The molecule has 0 aliphatic carbocycles. The van der Waals surface area contributed by atoms with Crippen LogP contribution < -0.4 is 16.0 Å². The molecule has 0 saturated carbocycles. The van der Waals surface area contributed by atoms with Crippen LogP contribution in [-0.4, -0.2) is 33.5 Å². The number of nitrogens with zero attached hydrogens (tertiary/aromatic N) is 2. The molecule has 0 aliphatic heterocycles. The maximum Gasteiger partial charge on any atom is 0.328 e. The third-order valence-electron chi connectivity index (χ3n) is 5.01. The van der Waals surface area contributed by atoms with E-state index in [9.17, 15) is 18.8 Å². The fourth-order valence-electron chi connectivity index (χ4n) is 3.32. The summed E-state index contributed by atoms with van der Waals surface area (Å²) in [5.74, 6) is -0.736. The van der Waals surface area contributed by atoms with Crippen molar-refractivity contribution in [3.8, 4) is 5.75 Å². The van der Waals surface area contributed by atoms with Crippen molar-refractivity contribution in [3.63, 3.8) is 0 Å². The highest BCUT2D eigenvalue weighted by Gasteiger charge is 2.22. The lowest BCUT2D eigenvalue weighted by Gasteiger charge is -2.30. The molecular formula is C23H24FN3O4. The van der Waals surface area contributed by atoms with Crippen LogP contribution in [0.3, 0.4) is 0 Å². The molecule has 7 nitrogen and oxygen atoms in total. The summed E-state index contributed by atoms with van der Waals surface area (Å²) in [6, 6.07) is 16.8. The van der Waals surface area contributed by atoms with Crippen molar-refractivity contribution in [2.75, 3.05) is 7.11 Å². The first-order chi connectivity index (χ1) is 14.9. The third kappa shape index (κ3) is 5.69. The number of methoxy groups -OCH3 is 1. The molecule has 8 heteroatoms. The molecule has 162 valence electrons. The number of aromatic nitrogens is 2. The van der Waals surface area contributed by atoms with E-state index in [0.717, 1.165) is 27.6 Å². The number of H-pyrrole nitrogens is 1. The Bertz CT molecular complexity index is 1140. The lowest BCUT2D eigenvalue weighted by atomic mass is 10.0. The maximum atomic E-state index is 13.6. The fourth-order valence-corrected chi connectivity index (χ4v) is 3.32. The van der Waals surface area contributed by atoms with Crippen LogP contribution >= 0.6 is 0 Å². The Morgan fingerprint density at radius 1 is 1.10 bits per heavy atom. The lowest BCUT2D eigenvalue weighted by molar-refractivity contribution is -0.134. The normalized spacial score (nSPS) is 11.7. The van der Waals surface area contributed by atoms with E-state index in [0.29, 0.717) is 13.0 Å². The number of nitrogens with one attached hydrogen (secondary N) is 1. The van der Waals surface area contributed by atoms with Gasteiger partial charge in [0.25, 0.3) is 5.56 Å². The summed E-state index contributed by atoms with van der Waals surface area (Å²) in [6.07, 6.45) is 1.34. The van der Waals surface area contributed by atoms with Crippen LogP contribution in [0.1, 0.15) is 18.1 Å². The van der Waals surface area contributed by atoms with Gasteiger partial charge < -0.3 is 9.64 Å². The molecule has 1 amide bonds. The van der Waals surface area contributed by atoms with Gasteiger partial charge in [-0.25, -0.2) is 4.79 Å². The molecule has 0 aliphatic rings. The Hall–Kier alpha value is -3.68. The molecular weight excluding hydrogens is 401 g/mol. The van der Waals surface area contributed by atoms with E-state index >= 15 is 0 Å². The van der Waals surface area contributed by atoms with Gasteiger partial charge >= 0.3 is 5.69 Å². The van der Waals surface area contributed by atoms with Crippen LogP contribution in [0.5, 0.6) is 5.75 Å². The van der Waals surface area contributed by atoms with Gasteiger partial charge in [0, 0.05) is 12.6 Å². The smallest absolute Gasteiger partial charge is 0.328 e. The van der Waals surface area contributed by atoms with Crippen molar-refractivity contribution in [2.45, 2.75) is 32.5 Å². The molecule has 3 aromatic rings. The average molecular weight is 425 g/mol. The van der Waals surface area contributed by atoms with Crippen molar-refractivity contribution >= 4 is 5.91 Å². The molecule has 1 heterocycles. The van der Waals surface area contributed by atoms with Crippen LogP contribution in [0.2, 0.25) is 0 Å². The summed E-state index contributed by atoms with van der Waals surface area (Å²) >= 11 is 0. The van der Waals surface area contributed by atoms with E-state index in [2.05, 4.69) is 0 Å². The molecule has 1 aromatic heterocycles. The molecule has 31 heavy (non-hydrogen) atoms. The second-order valence-electron chi connectivity index (χ2n) is 7.27. The van der Waals surface area contributed by atoms with Gasteiger partial charge in [0.2, 0.25) is 11.7 Å². The number of hydrogen-bond acceptors (Lipinski definition) is 4. The van der Waals surface area contributed by atoms with Gasteiger partial charge in [-0.2, -0.15) is 4.39 Å². The lowest BCUT2D eigenvalue weighted by Crippen LogP contribution is -2.43. The van der Waals surface area contributed by atoms with E-state index in [1.807, 2.05) is 66.5 Å². The molecule has 1 atom stereocenters. The van der Waals surface area contributed by atoms with Crippen LogP contribution in [0, 0.1) is 5.82 Å². The summed E-state index contributed by atoms with van der Waals surface area (Å²) in [5.41, 5.74) is 0.00812. The summed E-state index contributed by atoms with van der Waals surface area (Å²) in [4.78, 5) is 39.9. The molecule has 0 saturated heterocycles. The van der Waals surface area contributed by atoms with E-state index in [4.69, 9.17) is 4.74 Å². The minimum Gasteiger partial charge on any atom is -0.497 e. The Balaban J connectivity index is 1.84. The number of amides is 1. The van der Waals surface area contributed by atoms with Crippen molar-refractivity contribution in [1.29, 1.82) is 0 Å². The highest BCUT2D eigenvalue weighted by Crippen LogP contribution is 2.17. The van der Waals surface area contributed by atoms with Crippen LogP contribution in [-0.2, 0) is 24.3 Å². The van der Waals surface area contributed by atoms with Crippen molar-refractivity contribution in [3.05, 3.63) is 98.6 Å². The third-order valence-corrected chi connectivity index (χ3v) is 5.01. The van der Waals surface area contributed by atoms with E-state index in [1.165, 1.54) is 0 Å². The standard InChI is InChI=1S/C23H24FN3O4/c1-16(12-17-8-10-19(31-2)11-9-17)27(13-18-6-4-3-5-7-18)21(28)15-26-14-20(24)22(29)25-23(26)30/h3-11,14,16H,12-13,15H2,1-2H3,(H,25,29,30)/t16-/m1/s1. The predicted octanol–water partition coefficient (Wildman–Crippen LogP) is 2.34. The Morgan fingerprint density at radius 3 is 2.42 bits per heavy atom. The topological polar surface area (TPSA) is 84.4 Å². The zero-order chi connectivity index (χ0) is 22.4. The number of halogens is 1. The summed E-state index contributed by atoms with van der Waals surface area (Å²) < 4.78 is 19.7. The number of carbonyl (C=O) groups is 1. The molecule has 0 fully saturated rings. The highest BCUT2D eigenvalue weighted by atomic mass is 19.1. The molecule has 3 rings (SSSR count). The van der Waals surface area contributed by atoms with Gasteiger partial charge in [-0.1, -0.05) is 42.5 Å². The fraction of sp³-hybridized carbons (Fsp3) is 0.261. The van der Waals surface area contributed by atoms with Crippen LogP contribution in [0.15, 0.2) is 70.4 Å². The zero-order valence-corrected chi connectivity index (χ0v) is 17.4. The number of benzene rings is 2. The van der Waals surface area contributed by atoms with Gasteiger partial charge in [-0.15, -0.1) is 0 Å². The Kier molecular flexibility index (Phi) is 7.02. The second kappa shape index (κ2) is 9.88. The molecule has 0 bridgehead atoms. The Labute approximate surface area is 178 Å². The van der Waals surface area contributed by atoms with Gasteiger partial charge in [0.05, 0.1) is 13.3 Å². The monoisotopic (exact) mass is 425 g/mol. The molecule has 0 unspecified atom stereocenters. The van der Waals surface area contributed by atoms with Crippen LogP contribution in [0.4, 0.5) is 4.39 Å². The SMILES string of the molecule is COc1ccc(C[C@@H](C)N(Cc2ccccc2)C(=O)Cn2cc(F)c(=O)[nH]c2=O)cc1. The van der Waals surface area contributed by atoms with Crippen molar-refractivity contribution in [2.24, 2.45) is 0 Å². The number of rotatable bonds is 8. The van der Waals surface area contributed by atoms with Gasteiger partial charge in [0.1, 0.15) is 12.3 Å².